The summed E-state index contributed by atoms with van der Waals surface area (Å²) in [7, 11) is 5.80. The zero-order valence-corrected chi connectivity index (χ0v) is 20.9. The van der Waals surface area contributed by atoms with E-state index in [4.69, 9.17) is 35.1 Å². The smallest absolute Gasteiger partial charge is 0.301 e. The number of aromatic nitrogens is 1. The van der Waals surface area contributed by atoms with E-state index in [0.29, 0.717) is 34.3 Å². The van der Waals surface area contributed by atoms with Crippen molar-refractivity contribution in [3.05, 3.63) is 63.9 Å². The van der Waals surface area contributed by atoms with E-state index < -0.39 is 23.5 Å². The predicted molar refractivity (Wildman–Crippen MR) is 130 cm³/mol. The van der Waals surface area contributed by atoms with Gasteiger partial charge in [0.05, 0.1) is 45.1 Å². The van der Waals surface area contributed by atoms with E-state index in [2.05, 4.69) is 5.16 Å². The van der Waals surface area contributed by atoms with Crippen molar-refractivity contribution in [1.82, 2.24) is 5.16 Å². The second-order valence-electron chi connectivity index (χ2n) is 7.77. The fraction of sp³-hybridized carbons (Fsp3) is 0.240. The Morgan fingerprint density at radius 2 is 1.61 bits per heavy atom. The van der Waals surface area contributed by atoms with E-state index in [1.807, 2.05) is 0 Å². The Kier molecular flexibility index (Phi) is 6.80. The predicted octanol–water partition coefficient (Wildman–Crippen LogP) is 4.30. The summed E-state index contributed by atoms with van der Waals surface area (Å²) in [5.41, 5.74) is 0.425. The minimum absolute atomic E-state index is 0.0974. The maximum absolute atomic E-state index is 13.3. The van der Waals surface area contributed by atoms with Crippen molar-refractivity contribution in [1.29, 1.82) is 0 Å². The van der Waals surface area contributed by atoms with Crippen molar-refractivity contribution < 1.29 is 38.2 Å². The van der Waals surface area contributed by atoms with Gasteiger partial charge in [0.25, 0.3) is 5.78 Å². The number of carbonyl (C=O) groups excluding carboxylic acids is 2. The number of hydrogen-bond acceptors (Lipinski definition) is 9. The van der Waals surface area contributed by atoms with Gasteiger partial charge >= 0.3 is 5.91 Å². The molecule has 11 heteroatoms. The van der Waals surface area contributed by atoms with E-state index >= 15 is 0 Å². The van der Waals surface area contributed by atoms with Crippen LogP contribution in [0.3, 0.4) is 0 Å². The van der Waals surface area contributed by atoms with Gasteiger partial charge in [0.2, 0.25) is 5.75 Å². The molecule has 0 aliphatic carbocycles. The summed E-state index contributed by atoms with van der Waals surface area (Å²) in [6.07, 6.45) is 0. The summed E-state index contributed by atoms with van der Waals surface area (Å²) in [6.45, 7) is 1.65. The third-order valence-electron chi connectivity index (χ3n) is 5.73. The monoisotopic (exact) mass is 514 g/mol. The summed E-state index contributed by atoms with van der Waals surface area (Å²) in [5, 5.41) is 15.4. The lowest BCUT2D eigenvalue weighted by atomic mass is 9.94. The van der Waals surface area contributed by atoms with E-state index in [1.54, 1.807) is 25.1 Å². The highest BCUT2D eigenvalue weighted by molar-refractivity contribution is 6.51. The number of nitrogens with zero attached hydrogens (tertiary/aromatic N) is 2. The summed E-state index contributed by atoms with van der Waals surface area (Å²) < 4.78 is 26.6. The molecule has 1 aliphatic rings. The van der Waals surface area contributed by atoms with Crippen molar-refractivity contribution in [2.75, 3.05) is 33.3 Å². The number of aryl methyl sites for hydroxylation is 1. The van der Waals surface area contributed by atoms with Crippen LogP contribution in [0.25, 0.3) is 5.76 Å². The first-order chi connectivity index (χ1) is 17.2. The first-order valence-electron chi connectivity index (χ1n) is 10.6. The van der Waals surface area contributed by atoms with Crippen LogP contribution in [0.15, 0.2) is 46.5 Å². The molecule has 1 amide bonds. The Hall–Kier alpha value is -4.18. The molecule has 3 aromatic rings. The molecule has 0 spiro atoms. The fourth-order valence-electron chi connectivity index (χ4n) is 4.08. The molecule has 0 unspecified atom stereocenters. The molecule has 10 nitrogen and oxygen atoms in total. The fourth-order valence-corrected chi connectivity index (χ4v) is 4.34. The third kappa shape index (κ3) is 4.09. The highest BCUT2D eigenvalue weighted by Crippen LogP contribution is 2.47. The van der Waals surface area contributed by atoms with Crippen LogP contribution in [0.2, 0.25) is 5.02 Å². The van der Waals surface area contributed by atoms with Crippen molar-refractivity contribution in [3.8, 4) is 23.0 Å². The lowest BCUT2D eigenvalue weighted by Gasteiger charge is -2.24. The molecule has 1 aliphatic heterocycles. The lowest BCUT2D eigenvalue weighted by Crippen LogP contribution is -2.29. The second-order valence-corrected chi connectivity index (χ2v) is 8.18. The van der Waals surface area contributed by atoms with Crippen LogP contribution in [-0.4, -0.2) is 50.4 Å². The van der Waals surface area contributed by atoms with Crippen molar-refractivity contribution >= 4 is 34.9 Å². The number of anilines is 1. The standard InChI is InChI=1S/C25H23ClN2O8/c1-12-8-19(27-36-12)28-21(14-10-17(33-3)24(35-5)18(11-14)34-4)20(23(30)25(28)31)22(29)13-6-7-16(32-2)15(26)9-13/h6-11,21,29H,1-5H3/b22-20+/t21-/m0/s1. The van der Waals surface area contributed by atoms with E-state index in [0.717, 1.165) is 4.90 Å². The minimum atomic E-state index is -1.11. The minimum Gasteiger partial charge on any atom is -0.507 e. The van der Waals surface area contributed by atoms with Gasteiger partial charge in [-0.15, -0.1) is 0 Å². The largest absolute Gasteiger partial charge is 0.507 e. The number of amides is 1. The molecule has 188 valence electrons. The quantitative estimate of drug-likeness (QED) is 0.279. The summed E-state index contributed by atoms with van der Waals surface area (Å²) in [6, 6.07) is 8.10. The Morgan fingerprint density at radius 1 is 0.972 bits per heavy atom. The maximum Gasteiger partial charge on any atom is 0.301 e. The molecular formula is C25H23ClN2O8. The average molecular weight is 515 g/mol. The van der Waals surface area contributed by atoms with Gasteiger partial charge in [-0.1, -0.05) is 16.8 Å². The van der Waals surface area contributed by atoms with Gasteiger partial charge in [0.15, 0.2) is 17.3 Å². The molecule has 1 saturated heterocycles. The van der Waals surface area contributed by atoms with Crippen LogP contribution >= 0.6 is 11.6 Å². The highest BCUT2D eigenvalue weighted by Gasteiger charge is 2.48. The van der Waals surface area contributed by atoms with Gasteiger partial charge in [0, 0.05) is 11.6 Å². The molecule has 36 heavy (non-hydrogen) atoms. The van der Waals surface area contributed by atoms with Crippen LogP contribution in [0.5, 0.6) is 23.0 Å². The molecule has 1 fully saturated rings. The number of methoxy groups -OCH3 is 4. The summed E-state index contributed by atoms with van der Waals surface area (Å²) in [4.78, 5) is 27.7. The zero-order chi connectivity index (χ0) is 26.1. The SMILES string of the molecule is COc1ccc(/C(O)=C2\C(=O)C(=O)N(c3cc(C)on3)[C@H]2c2cc(OC)c(OC)c(OC)c2)cc1Cl. The number of Topliss-reactive ketones (excluding diaryl/α,β-unsaturated/α-hetero) is 1. The molecular weight excluding hydrogens is 492 g/mol. The zero-order valence-electron chi connectivity index (χ0n) is 20.1. The lowest BCUT2D eigenvalue weighted by molar-refractivity contribution is -0.132. The first-order valence-corrected chi connectivity index (χ1v) is 11.0. The Bertz CT molecular complexity index is 1360. The number of rotatable bonds is 7. The molecule has 0 saturated carbocycles. The number of aliphatic hydroxyl groups is 1. The topological polar surface area (TPSA) is 121 Å². The Balaban J connectivity index is 2.00. The van der Waals surface area contributed by atoms with Gasteiger partial charge < -0.3 is 28.6 Å². The van der Waals surface area contributed by atoms with Gasteiger partial charge in [-0.2, -0.15) is 0 Å². The molecule has 2 aromatic carbocycles. The van der Waals surface area contributed by atoms with Crippen molar-refractivity contribution in [3.63, 3.8) is 0 Å². The molecule has 0 radical (unpaired) electrons. The number of benzene rings is 2. The summed E-state index contributed by atoms with van der Waals surface area (Å²) in [5.74, 6) is -0.436. The molecule has 1 atom stereocenters. The van der Waals surface area contributed by atoms with Crippen LogP contribution in [0.1, 0.15) is 22.9 Å². The number of ketones is 1. The van der Waals surface area contributed by atoms with E-state index in [9.17, 15) is 14.7 Å². The second kappa shape index (κ2) is 9.82. The normalized spacial score (nSPS) is 16.8. The third-order valence-corrected chi connectivity index (χ3v) is 6.03. The van der Waals surface area contributed by atoms with Gasteiger partial charge in [-0.3, -0.25) is 14.5 Å². The number of hydrogen-bond donors (Lipinski definition) is 1. The number of halogens is 1. The number of ether oxygens (including phenoxy) is 4. The Labute approximate surface area is 211 Å². The maximum atomic E-state index is 13.3. The van der Waals surface area contributed by atoms with Crippen LogP contribution < -0.4 is 23.8 Å². The average Bonchev–Trinajstić information content (AvgIpc) is 3.42. The molecule has 1 N–H and O–H groups in total. The summed E-state index contributed by atoms with van der Waals surface area (Å²) >= 11 is 6.25. The number of aliphatic hydroxyl groups excluding tert-OH is 1. The van der Waals surface area contributed by atoms with Crippen LogP contribution in [-0.2, 0) is 9.59 Å². The van der Waals surface area contributed by atoms with Crippen LogP contribution in [0.4, 0.5) is 5.82 Å². The first kappa shape index (κ1) is 24.9. The molecule has 1 aromatic heterocycles. The van der Waals surface area contributed by atoms with Gasteiger partial charge in [-0.25, -0.2) is 0 Å². The molecule has 2 heterocycles. The highest BCUT2D eigenvalue weighted by atomic mass is 35.5. The van der Waals surface area contributed by atoms with E-state index in [1.165, 1.54) is 46.6 Å². The number of carbonyl (C=O) groups is 2. The van der Waals surface area contributed by atoms with Crippen molar-refractivity contribution in [2.45, 2.75) is 13.0 Å². The van der Waals surface area contributed by atoms with E-state index in [-0.39, 0.29) is 22.0 Å². The molecule has 4 rings (SSSR count). The van der Waals surface area contributed by atoms with Crippen molar-refractivity contribution in [2.24, 2.45) is 0 Å². The van der Waals surface area contributed by atoms with Gasteiger partial charge in [0.1, 0.15) is 17.3 Å². The van der Waals surface area contributed by atoms with Gasteiger partial charge in [-0.05, 0) is 42.8 Å². The Morgan fingerprint density at radius 3 is 2.11 bits per heavy atom. The van der Waals surface area contributed by atoms with Crippen LogP contribution in [0, 0.1) is 6.92 Å². The molecule has 0 bridgehead atoms.